The number of aromatic nitrogens is 1. The Hall–Kier alpha value is -4.15. The Morgan fingerprint density at radius 3 is 2.36 bits per heavy atom. The summed E-state index contributed by atoms with van der Waals surface area (Å²) in [4.78, 5) is 16.9. The van der Waals surface area contributed by atoms with Crippen molar-refractivity contribution in [2.45, 2.75) is 32.3 Å². The smallest absolute Gasteiger partial charge is 0.315 e. The molecule has 5 heteroatoms. The number of hydrogen-bond acceptors (Lipinski definition) is 4. The van der Waals surface area contributed by atoms with Crippen molar-refractivity contribution >= 4 is 28.5 Å². The van der Waals surface area contributed by atoms with Gasteiger partial charge in [-0.25, -0.2) is 0 Å². The van der Waals surface area contributed by atoms with Gasteiger partial charge in [0.2, 0.25) is 0 Å². The Morgan fingerprint density at radius 1 is 0.872 bits per heavy atom. The molecule has 0 fully saturated rings. The number of rotatable bonds is 8. The number of nitrogens with zero attached hydrogens (tertiary/aromatic N) is 1. The molecule has 1 heterocycles. The maximum atomic E-state index is 12.1. The number of carbonyl (C=O) groups is 1. The van der Waals surface area contributed by atoms with E-state index in [0.717, 1.165) is 50.9 Å². The predicted molar refractivity (Wildman–Crippen MR) is 157 cm³/mol. The summed E-state index contributed by atoms with van der Waals surface area (Å²) in [7, 11) is 1.41. The van der Waals surface area contributed by atoms with Gasteiger partial charge in [0.05, 0.1) is 23.1 Å². The van der Waals surface area contributed by atoms with Gasteiger partial charge in [-0.3, -0.25) is 9.78 Å². The molecule has 0 aliphatic rings. The van der Waals surface area contributed by atoms with Crippen LogP contribution in [-0.2, 0) is 28.0 Å². The minimum absolute atomic E-state index is 0.264. The highest BCUT2D eigenvalue weighted by Crippen LogP contribution is 2.36. The van der Waals surface area contributed by atoms with E-state index in [1.165, 1.54) is 12.7 Å². The van der Waals surface area contributed by atoms with Crippen LogP contribution in [0.2, 0.25) is 5.02 Å². The molecule has 196 valence electrons. The second-order valence-electron chi connectivity index (χ2n) is 10.1. The molecule has 0 aliphatic carbocycles. The molecular weight excluding hydrogens is 506 g/mol. The standard InChI is InChI=1S/C34H30ClNO3/c1-34(2,33(37)38-3)27-17-15-24(16-18-27)22-39-28-12-7-11-25(20-28)31-26(19-23-9-5-4-6-10-23)21-36-32-29(31)13-8-14-30(32)35/h4-18,20-21H,19,22H2,1-3H3. The molecule has 4 nitrogen and oxygen atoms in total. The van der Waals surface area contributed by atoms with Gasteiger partial charge in [0.25, 0.3) is 0 Å². The van der Waals surface area contributed by atoms with Gasteiger partial charge in [0, 0.05) is 11.6 Å². The highest BCUT2D eigenvalue weighted by Gasteiger charge is 2.30. The number of carbonyl (C=O) groups excluding carboxylic acids is 1. The number of methoxy groups -OCH3 is 1. The second-order valence-corrected chi connectivity index (χ2v) is 10.5. The minimum atomic E-state index is -0.712. The van der Waals surface area contributed by atoms with Crippen LogP contribution < -0.4 is 4.74 Å². The Morgan fingerprint density at radius 2 is 1.62 bits per heavy atom. The van der Waals surface area contributed by atoms with Gasteiger partial charge in [-0.2, -0.15) is 0 Å². The third-order valence-electron chi connectivity index (χ3n) is 7.06. The average Bonchev–Trinajstić information content (AvgIpc) is 2.96. The molecule has 39 heavy (non-hydrogen) atoms. The van der Waals surface area contributed by atoms with E-state index < -0.39 is 5.41 Å². The van der Waals surface area contributed by atoms with Gasteiger partial charge >= 0.3 is 5.97 Å². The first-order valence-electron chi connectivity index (χ1n) is 12.9. The lowest BCUT2D eigenvalue weighted by atomic mass is 9.84. The van der Waals surface area contributed by atoms with Crippen LogP contribution in [0.4, 0.5) is 0 Å². The van der Waals surface area contributed by atoms with Crippen LogP contribution in [0, 0.1) is 0 Å². The lowest BCUT2D eigenvalue weighted by Crippen LogP contribution is -2.30. The fourth-order valence-electron chi connectivity index (χ4n) is 4.82. The molecule has 0 radical (unpaired) electrons. The van der Waals surface area contributed by atoms with E-state index in [1.807, 2.05) is 74.6 Å². The van der Waals surface area contributed by atoms with Gasteiger partial charge < -0.3 is 9.47 Å². The highest BCUT2D eigenvalue weighted by molar-refractivity contribution is 6.35. The fraction of sp³-hybridized carbons (Fsp3) is 0.176. The van der Waals surface area contributed by atoms with Gasteiger partial charge in [0.1, 0.15) is 12.4 Å². The second kappa shape index (κ2) is 11.3. The molecule has 0 saturated heterocycles. The van der Waals surface area contributed by atoms with Gasteiger partial charge in [-0.05, 0) is 71.8 Å². The Bertz CT molecular complexity index is 1610. The van der Waals surface area contributed by atoms with Crippen LogP contribution in [0.15, 0.2) is 103 Å². The monoisotopic (exact) mass is 535 g/mol. The van der Waals surface area contributed by atoms with Crippen LogP contribution in [-0.4, -0.2) is 18.1 Å². The van der Waals surface area contributed by atoms with Crippen molar-refractivity contribution in [1.82, 2.24) is 4.98 Å². The highest BCUT2D eigenvalue weighted by atomic mass is 35.5. The van der Waals surface area contributed by atoms with Crippen molar-refractivity contribution in [2.24, 2.45) is 0 Å². The maximum Gasteiger partial charge on any atom is 0.315 e. The molecule has 0 amide bonds. The lowest BCUT2D eigenvalue weighted by molar-refractivity contribution is -0.146. The number of ether oxygens (including phenoxy) is 2. The van der Waals surface area contributed by atoms with Crippen molar-refractivity contribution < 1.29 is 14.3 Å². The van der Waals surface area contributed by atoms with Crippen LogP contribution >= 0.6 is 11.6 Å². The Kier molecular flexibility index (Phi) is 7.67. The molecule has 0 atom stereocenters. The first-order chi connectivity index (χ1) is 18.9. The normalized spacial score (nSPS) is 11.4. The molecule has 0 aliphatic heterocycles. The van der Waals surface area contributed by atoms with E-state index in [-0.39, 0.29) is 5.97 Å². The molecule has 1 aromatic heterocycles. The zero-order chi connectivity index (χ0) is 27.4. The van der Waals surface area contributed by atoms with Crippen LogP contribution in [0.5, 0.6) is 5.75 Å². The summed E-state index contributed by atoms with van der Waals surface area (Å²) < 4.78 is 11.2. The van der Waals surface area contributed by atoms with Crippen LogP contribution in [0.1, 0.15) is 36.1 Å². The van der Waals surface area contributed by atoms with Crippen molar-refractivity contribution in [1.29, 1.82) is 0 Å². The van der Waals surface area contributed by atoms with E-state index in [9.17, 15) is 4.79 Å². The molecule has 0 bridgehead atoms. The van der Waals surface area contributed by atoms with E-state index in [0.29, 0.717) is 11.6 Å². The summed E-state index contributed by atoms with van der Waals surface area (Å²) in [5.41, 5.74) is 6.47. The molecule has 0 spiro atoms. The van der Waals surface area contributed by atoms with E-state index in [4.69, 9.17) is 26.1 Å². The third kappa shape index (κ3) is 5.67. The van der Waals surface area contributed by atoms with Crippen LogP contribution in [0.3, 0.4) is 0 Å². The number of hydrogen-bond donors (Lipinski definition) is 0. The minimum Gasteiger partial charge on any atom is -0.489 e. The average molecular weight is 536 g/mol. The van der Waals surface area contributed by atoms with Gasteiger partial charge in [-0.15, -0.1) is 0 Å². The summed E-state index contributed by atoms with van der Waals surface area (Å²) in [5.74, 6) is 0.504. The molecule has 0 N–H and O–H groups in total. The number of esters is 1. The first kappa shape index (κ1) is 26.5. The molecule has 4 aromatic carbocycles. The van der Waals surface area contributed by atoms with Crippen molar-refractivity contribution in [3.05, 3.63) is 131 Å². The predicted octanol–water partition coefficient (Wildman–Crippen LogP) is 8.18. The largest absolute Gasteiger partial charge is 0.489 e. The summed E-state index contributed by atoms with van der Waals surface area (Å²) in [6.45, 7) is 4.12. The summed E-state index contributed by atoms with van der Waals surface area (Å²) >= 11 is 6.53. The van der Waals surface area contributed by atoms with E-state index >= 15 is 0 Å². The number of benzene rings is 4. The first-order valence-corrected chi connectivity index (χ1v) is 13.3. The number of pyridine rings is 1. The molecule has 5 aromatic rings. The topological polar surface area (TPSA) is 48.4 Å². The van der Waals surface area contributed by atoms with E-state index in [2.05, 4.69) is 42.5 Å². The molecular formula is C34H30ClNO3. The van der Waals surface area contributed by atoms with Gasteiger partial charge in [-0.1, -0.05) is 90.5 Å². The SMILES string of the molecule is COC(=O)C(C)(C)c1ccc(COc2cccc(-c3c(Cc4ccccc4)cnc4c(Cl)cccc34)c2)cc1. The Balaban J connectivity index is 1.44. The van der Waals surface area contributed by atoms with Crippen molar-refractivity contribution in [3.63, 3.8) is 0 Å². The molecule has 0 saturated carbocycles. The summed E-state index contributed by atoms with van der Waals surface area (Å²) in [5, 5.41) is 1.64. The lowest BCUT2D eigenvalue weighted by Gasteiger charge is -2.22. The maximum absolute atomic E-state index is 12.1. The zero-order valence-electron chi connectivity index (χ0n) is 22.3. The quantitative estimate of drug-likeness (QED) is 0.188. The van der Waals surface area contributed by atoms with Crippen molar-refractivity contribution in [2.75, 3.05) is 7.11 Å². The molecule has 5 rings (SSSR count). The molecule has 0 unspecified atom stereocenters. The number of para-hydroxylation sites is 1. The summed E-state index contributed by atoms with van der Waals surface area (Å²) in [6, 6.07) is 32.3. The summed E-state index contributed by atoms with van der Waals surface area (Å²) in [6.07, 6.45) is 2.69. The zero-order valence-corrected chi connectivity index (χ0v) is 23.0. The third-order valence-corrected chi connectivity index (χ3v) is 7.37. The Labute approximate surface area is 234 Å². The fourth-order valence-corrected chi connectivity index (χ4v) is 5.04. The van der Waals surface area contributed by atoms with Gasteiger partial charge in [0.15, 0.2) is 0 Å². The number of halogens is 1. The van der Waals surface area contributed by atoms with Crippen LogP contribution in [0.25, 0.3) is 22.0 Å². The van der Waals surface area contributed by atoms with Crippen molar-refractivity contribution in [3.8, 4) is 16.9 Å². The van der Waals surface area contributed by atoms with E-state index in [1.54, 1.807) is 0 Å². The number of fused-ring (bicyclic) bond motifs is 1.